The Balaban J connectivity index is 2.67. The zero-order valence-corrected chi connectivity index (χ0v) is 11.1. The highest BCUT2D eigenvalue weighted by Crippen LogP contribution is 2.19. The lowest BCUT2D eigenvalue weighted by Crippen LogP contribution is -2.02. The standard InChI is InChI=1S/C16H22O2/c1-3-5-6-7-8-10-13-11-9-12-15(16(17)18)14(13)4-2/h4,9,11-12H,2-3,5-8,10H2,1H3,(H,17,18). The summed E-state index contributed by atoms with van der Waals surface area (Å²) in [5, 5.41) is 9.11. The van der Waals surface area contributed by atoms with Crippen molar-refractivity contribution in [1.82, 2.24) is 0 Å². The molecule has 0 aliphatic heterocycles. The number of hydrogen-bond acceptors (Lipinski definition) is 1. The first-order chi connectivity index (χ1) is 8.70. The van der Waals surface area contributed by atoms with E-state index in [4.69, 9.17) is 5.11 Å². The number of carboxylic acids is 1. The third kappa shape index (κ3) is 4.02. The summed E-state index contributed by atoms with van der Waals surface area (Å²) in [6.45, 7) is 5.93. The van der Waals surface area contributed by atoms with Gasteiger partial charge in [0.25, 0.3) is 0 Å². The molecule has 0 spiro atoms. The van der Waals surface area contributed by atoms with Crippen LogP contribution in [0.25, 0.3) is 6.08 Å². The van der Waals surface area contributed by atoms with Crippen LogP contribution in [0.15, 0.2) is 24.8 Å². The summed E-state index contributed by atoms with van der Waals surface area (Å²) in [6, 6.07) is 5.46. The lowest BCUT2D eigenvalue weighted by molar-refractivity contribution is 0.0696. The zero-order valence-electron chi connectivity index (χ0n) is 11.1. The normalized spacial score (nSPS) is 10.3. The van der Waals surface area contributed by atoms with Gasteiger partial charge in [-0.15, -0.1) is 0 Å². The lowest BCUT2D eigenvalue weighted by Gasteiger charge is -2.09. The van der Waals surface area contributed by atoms with E-state index < -0.39 is 5.97 Å². The first-order valence-electron chi connectivity index (χ1n) is 6.68. The van der Waals surface area contributed by atoms with E-state index in [2.05, 4.69) is 13.5 Å². The van der Waals surface area contributed by atoms with E-state index in [1.807, 2.05) is 12.1 Å². The van der Waals surface area contributed by atoms with Crippen molar-refractivity contribution < 1.29 is 9.90 Å². The number of unbranched alkanes of at least 4 members (excludes halogenated alkanes) is 4. The molecule has 2 heteroatoms. The highest BCUT2D eigenvalue weighted by atomic mass is 16.4. The fraction of sp³-hybridized carbons (Fsp3) is 0.438. The van der Waals surface area contributed by atoms with Gasteiger partial charge in [-0.3, -0.25) is 0 Å². The Labute approximate surface area is 109 Å². The van der Waals surface area contributed by atoms with Crippen LogP contribution in [0.5, 0.6) is 0 Å². The molecule has 0 radical (unpaired) electrons. The van der Waals surface area contributed by atoms with Gasteiger partial charge in [0, 0.05) is 0 Å². The highest BCUT2D eigenvalue weighted by molar-refractivity contribution is 5.92. The first-order valence-corrected chi connectivity index (χ1v) is 6.68. The van der Waals surface area contributed by atoms with Crippen LogP contribution in [-0.4, -0.2) is 11.1 Å². The molecule has 0 bridgehead atoms. The molecule has 0 aromatic heterocycles. The number of aryl methyl sites for hydroxylation is 1. The van der Waals surface area contributed by atoms with Crippen molar-refractivity contribution in [2.45, 2.75) is 45.4 Å². The molecule has 0 fully saturated rings. The molecule has 0 unspecified atom stereocenters. The zero-order chi connectivity index (χ0) is 13.4. The van der Waals surface area contributed by atoms with Gasteiger partial charge in [0.2, 0.25) is 0 Å². The van der Waals surface area contributed by atoms with Gasteiger partial charge in [0.05, 0.1) is 5.56 Å². The maximum atomic E-state index is 11.1. The van der Waals surface area contributed by atoms with Crippen molar-refractivity contribution in [3.63, 3.8) is 0 Å². The Kier molecular flexibility index (Phi) is 6.20. The molecule has 0 saturated carbocycles. The van der Waals surface area contributed by atoms with E-state index in [0.717, 1.165) is 24.0 Å². The average molecular weight is 246 g/mol. The molecule has 0 aliphatic carbocycles. The number of benzene rings is 1. The highest BCUT2D eigenvalue weighted by Gasteiger charge is 2.10. The van der Waals surface area contributed by atoms with E-state index in [9.17, 15) is 4.79 Å². The molecular weight excluding hydrogens is 224 g/mol. The van der Waals surface area contributed by atoms with Gasteiger partial charge in [-0.25, -0.2) is 4.79 Å². The summed E-state index contributed by atoms with van der Waals surface area (Å²) in [4.78, 5) is 11.1. The van der Waals surface area contributed by atoms with Gasteiger partial charge in [0.15, 0.2) is 0 Å². The minimum Gasteiger partial charge on any atom is -0.478 e. The van der Waals surface area contributed by atoms with Gasteiger partial charge in [-0.2, -0.15) is 0 Å². The van der Waals surface area contributed by atoms with Crippen molar-refractivity contribution in [1.29, 1.82) is 0 Å². The van der Waals surface area contributed by atoms with E-state index in [1.54, 1.807) is 12.1 Å². The molecule has 98 valence electrons. The topological polar surface area (TPSA) is 37.3 Å². The van der Waals surface area contributed by atoms with Crippen molar-refractivity contribution in [2.75, 3.05) is 0 Å². The quantitative estimate of drug-likeness (QED) is 0.684. The monoisotopic (exact) mass is 246 g/mol. The van der Waals surface area contributed by atoms with Crippen LogP contribution in [0.3, 0.4) is 0 Å². The molecule has 1 rings (SSSR count). The van der Waals surface area contributed by atoms with Crippen molar-refractivity contribution >= 4 is 12.0 Å². The second-order valence-corrected chi connectivity index (χ2v) is 4.55. The third-order valence-electron chi connectivity index (χ3n) is 3.18. The number of carbonyl (C=O) groups is 1. The summed E-state index contributed by atoms with van der Waals surface area (Å²) in [5.41, 5.74) is 2.23. The van der Waals surface area contributed by atoms with Crippen LogP contribution < -0.4 is 0 Å². The molecular formula is C16H22O2. The molecule has 18 heavy (non-hydrogen) atoms. The number of hydrogen-bond donors (Lipinski definition) is 1. The van der Waals surface area contributed by atoms with Gasteiger partial charge < -0.3 is 5.11 Å². The summed E-state index contributed by atoms with van der Waals surface area (Å²) in [5.74, 6) is -0.877. The average Bonchev–Trinajstić information content (AvgIpc) is 2.38. The van der Waals surface area contributed by atoms with Crippen molar-refractivity contribution in [2.24, 2.45) is 0 Å². The van der Waals surface area contributed by atoms with Crippen LogP contribution in [0.4, 0.5) is 0 Å². The maximum absolute atomic E-state index is 11.1. The predicted octanol–water partition coefficient (Wildman–Crippen LogP) is 4.54. The van der Waals surface area contributed by atoms with Crippen LogP contribution >= 0.6 is 0 Å². The summed E-state index contributed by atoms with van der Waals surface area (Å²) in [6.07, 6.45) is 8.71. The van der Waals surface area contributed by atoms with E-state index in [0.29, 0.717) is 5.56 Å². The molecule has 1 aromatic rings. The lowest BCUT2D eigenvalue weighted by atomic mass is 9.96. The Morgan fingerprint density at radius 2 is 2.00 bits per heavy atom. The molecule has 2 nitrogen and oxygen atoms in total. The Morgan fingerprint density at radius 3 is 2.61 bits per heavy atom. The second-order valence-electron chi connectivity index (χ2n) is 4.55. The fourth-order valence-corrected chi connectivity index (χ4v) is 2.18. The molecule has 0 amide bonds. The van der Waals surface area contributed by atoms with Gasteiger partial charge in [0.1, 0.15) is 0 Å². The minimum absolute atomic E-state index is 0.357. The molecule has 0 aliphatic rings. The Morgan fingerprint density at radius 1 is 1.28 bits per heavy atom. The Bertz CT molecular complexity index is 408. The fourth-order valence-electron chi connectivity index (χ4n) is 2.18. The van der Waals surface area contributed by atoms with E-state index in [1.165, 1.54) is 25.7 Å². The van der Waals surface area contributed by atoms with E-state index in [-0.39, 0.29) is 0 Å². The number of carboxylic acid groups (broad SMARTS) is 1. The second kappa shape index (κ2) is 7.70. The van der Waals surface area contributed by atoms with Crippen LogP contribution in [0, 0.1) is 0 Å². The van der Waals surface area contributed by atoms with Crippen LogP contribution in [0.1, 0.15) is 60.5 Å². The van der Waals surface area contributed by atoms with E-state index >= 15 is 0 Å². The number of rotatable bonds is 8. The summed E-state index contributed by atoms with van der Waals surface area (Å²) < 4.78 is 0. The molecule has 1 aromatic carbocycles. The van der Waals surface area contributed by atoms with Gasteiger partial charge in [-0.1, -0.05) is 57.4 Å². The smallest absolute Gasteiger partial charge is 0.336 e. The van der Waals surface area contributed by atoms with Crippen molar-refractivity contribution in [3.8, 4) is 0 Å². The molecule has 0 atom stereocenters. The SMILES string of the molecule is C=Cc1c(CCCCCCC)cccc1C(=O)O. The molecule has 1 N–H and O–H groups in total. The van der Waals surface area contributed by atoms with Crippen molar-refractivity contribution in [3.05, 3.63) is 41.5 Å². The van der Waals surface area contributed by atoms with Gasteiger partial charge >= 0.3 is 5.97 Å². The molecule has 0 saturated heterocycles. The number of aromatic carboxylic acids is 1. The Hall–Kier alpha value is -1.57. The maximum Gasteiger partial charge on any atom is 0.336 e. The third-order valence-corrected chi connectivity index (χ3v) is 3.18. The predicted molar refractivity (Wildman–Crippen MR) is 76.0 cm³/mol. The van der Waals surface area contributed by atoms with Crippen LogP contribution in [0.2, 0.25) is 0 Å². The summed E-state index contributed by atoms with van der Waals surface area (Å²) in [7, 11) is 0. The summed E-state index contributed by atoms with van der Waals surface area (Å²) >= 11 is 0. The minimum atomic E-state index is -0.877. The van der Waals surface area contributed by atoms with Gasteiger partial charge in [-0.05, 0) is 30.0 Å². The van der Waals surface area contributed by atoms with Crippen LogP contribution in [-0.2, 0) is 6.42 Å². The first kappa shape index (κ1) is 14.5. The molecule has 0 heterocycles. The largest absolute Gasteiger partial charge is 0.478 e.